The first-order valence-electron chi connectivity index (χ1n) is 9.78. The van der Waals surface area contributed by atoms with Crippen LogP contribution in [0.15, 0.2) is 60.9 Å². The third-order valence-electron chi connectivity index (χ3n) is 5.21. The highest BCUT2D eigenvalue weighted by Gasteiger charge is 2.17. The summed E-state index contributed by atoms with van der Waals surface area (Å²) < 4.78 is 1.70. The molecule has 2 aromatic heterocycles. The van der Waals surface area contributed by atoms with Gasteiger partial charge in [-0.15, -0.1) is 0 Å². The van der Waals surface area contributed by atoms with Gasteiger partial charge in [0.2, 0.25) is 0 Å². The van der Waals surface area contributed by atoms with E-state index in [0.29, 0.717) is 12.2 Å². The van der Waals surface area contributed by atoms with Gasteiger partial charge in [0.25, 0.3) is 5.91 Å². The van der Waals surface area contributed by atoms with Gasteiger partial charge >= 0.3 is 0 Å². The molecular weight excluding hydrogens is 350 g/mol. The first kappa shape index (κ1) is 18.2. The zero-order valence-electron chi connectivity index (χ0n) is 16.1. The van der Waals surface area contributed by atoms with Crippen molar-refractivity contribution in [1.29, 1.82) is 0 Å². The number of aromatic nitrogens is 3. The van der Waals surface area contributed by atoms with Crippen molar-refractivity contribution in [3.8, 4) is 5.69 Å². The Balaban J connectivity index is 1.33. The van der Waals surface area contributed by atoms with E-state index in [1.807, 2.05) is 48.7 Å². The van der Waals surface area contributed by atoms with Crippen LogP contribution in [-0.2, 0) is 6.54 Å². The zero-order chi connectivity index (χ0) is 19.3. The molecule has 0 saturated carbocycles. The Bertz CT molecular complexity index is 912. The number of nitrogens with one attached hydrogen (secondary N) is 1. The summed E-state index contributed by atoms with van der Waals surface area (Å²) in [5, 5.41) is 7.27. The summed E-state index contributed by atoms with van der Waals surface area (Å²) in [7, 11) is 0. The lowest BCUT2D eigenvalue weighted by Gasteiger charge is -2.31. The molecule has 1 aliphatic heterocycles. The number of carbonyl (C=O) groups is 1. The molecule has 0 atom stereocenters. The Morgan fingerprint density at radius 1 is 1.11 bits per heavy atom. The van der Waals surface area contributed by atoms with E-state index < -0.39 is 0 Å². The fraction of sp³-hybridized carbons (Fsp3) is 0.318. The minimum absolute atomic E-state index is 0.191. The quantitative estimate of drug-likeness (QED) is 0.742. The Morgan fingerprint density at radius 3 is 2.61 bits per heavy atom. The predicted octanol–water partition coefficient (Wildman–Crippen LogP) is 3.43. The summed E-state index contributed by atoms with van der Waals surface area (Å²) in [6, 6.07) is 15.5. The van der Waals surface area contributed by atoms with Gasteiger partial charge < -0.3 is 10.2 Å². The number of anilines is 1. The number of para-hydroxylation sites is 1. The summed E-state index contributed by atoms with van der Waals surface area (Å²) in [6.07, 6.45) is 6.07. The van der Waals surface area contributed by atoms with Gasteiger partial charge in [0.15, 0.2) is 5.69 Å². The SMILES string of the molecule is CC1CCN(c2ccc(CNC(=O)c3ccn(-c4ccccc4)n3)cn2)CC1. The molecular formula is C22H25N5O. The molecule has 1 amide bonds. The van der Waals surface area contributed by atoms with Crippen LogP contribution in [0.4, 0.5) is 5.82 Å². The van der Waals surface area contributed by atoms with Crippen LogP contribution in [0.1, 0.15) is 35.8 Å². The number of carbonyl (C=O) groups excluding carboxylic acids is 1. The normalized spacial score (nSPS) is 14.8. The standard InChI is InChI=1S/C22H25N5O/c1-17-9-12-26(13-10-17)21-8-7-18(15-23-21)16-24-22(28)20-11-14-27(25-20)19-5-3-2-4-6-19/h2-8,11,14-15,17H,9-10,12-13,16H2,1H3,(H,24,28). The van der Waals surface area contributed by atoms with Crippen LogP contribution in [0.5, 0.6) is 0 Å². The molecule has 0 unspecified atom stereocenters. The highest BCUT2D eigenvalue weighted by molar-refractivity contribution is 5.92. The monoisotopic (exact) mass is 375 g/mol. The lowest BCUT2D eigenvalue weighted by Crippen LogP contribution is -2.33. The van der Waals surface area contributed by atoms with Crippen molar-refractivity contribution in [2.24, 2.45) is 5.92 Å². The van der Waals surface area contributed by atoms with Crippen molar-refractivity contribution in [2.75, 3.05) is 18.0 Å². The zero-order valence-corrected chi connectivity index (χ0v) is 16.1. The van der Waals surface area contributed by atoms with Crippen LogP contribution in [0.3, 0.4) is 0 Å². The molecule has 144 valence electrons. The number of amides is 1. The molecule has 0 aliphatic carbocycles. The predicted molar refractivity (Wildman–Crippen MR) is 110 cm³/mol. The molecule has 1 N–H and O–H groups in total. The average Bonchev–Trinajstić information content (AvgIpc) is 3.24. The third-order valence-corrected chi connectivity index (χ3v) is 5.21. The van der Waals surface area contributed by atoms with Crippen molar-refractivity contribution in [3.63, 3.8) is 0 Å². The second-order valence-electron chi connectivity index (χ2n) is 7.36. The second-order valence-corrected chi connectivity index (χ2v) is 7.36. The molecule has 0 radical (unpaired) electrons. The van der Waals surface area contributed by atoms with E-state index >= 15 is 0 Å². The third kappa shape index (κ3) is 4.22. The van der Waals surface area contributed by atoms with Gasteiger partial charge in [0.05, 0.1) is 5.69 Å². The number of benzene rings is 1. The van der Waals surface area contributed by atoms with Crippen LogP contribution in [-0.4, -0.2) is 33.8 Å². The van der Waals surface area contributed by atoms with Crippen LogP contribution in [0.2, 0.25) is 0 Å². The van der Waals surface area contributed by atoms with E-state index in [1.54, 1.807) is 16.9 Å². The van der Waals surface area contributed by atoms with Crippen LogP contribution in [0, 0.1) is 5.92 Å². The van der Waals surface area contributed by atoms with E-state index in [2.05, 4.69) is 27.2 Å². The number of hydrogen-bond acceptors (Lipinski definition) is 4. The van der Waals surface area contributed by atoms with Crippen LogP contribution >= 0.6 is 0 Å². The maximum atomic E-state index is 12.4. The highest BCUT2D eigenvalue weighted by Crippen LogP contribution is 2.21. The second kappa shape index (κ2) is 8.25. The Hall–Kier alpha value is -3.15. The molecule has 0 spiro atoms. The van der Waals surface area contributed by atoms with Crippen LogP contribution in [0.25, 0.3) is 5.69 Å². The van der Waals surface area contributed by atoms with Crippen molar-refractivity contribution in [2.45, 2.75) is 26.3 Å². The molecule has 28 heavy (non-hydrogen) atoms. The van der Waals surface area contributed by atoms with E-state index in [1.165, 1.54) is 12.8 Å². The van der Waals surface area contributed by atoms with Crippen LogP contribution < -0.4 is 10.2 Å². The lowest BCUT2D eigenvalue weighted by atomic mass is 9.99. The van der Waals surface area contributed by atoms with Gasteiger partial charge in [-0.25, -0.2) is 9.67 Å². The number of nitrogens with zero attached hydrogens (tertiary/aromatic N) is 4. The van der Waals surface area contributed by atoms with Crippen molar-refractivity contribution in [1.82, 2.24) is 20.1 Å². The number of pyridine rings is 1. The fourth-order valence-corrected chi connectivity index (χ4v) is 3.39. The Morgan fingerprint density at radius 2 is 1.89 bits per heavy atom. The van der Waals surface area contributed by atoms with Crippen molar-refractivity contribution >= 4 is 11.7 Å². The maximum Gasteiger partial charge on any atom is 0.272 e. The Labute approximate surface area is 165 Å². The van der Waals surface area contributed by atoms with Gasteiger partial charge in [-0.2, -0.15) is 5.10 Å². The summed E-state index contributed by atoms with van der Waals surface area (Å²) in [5.74, 6) is 1.63. The minimum atomic E-state index is -0.191. The number of hydrogen-bond donors (Lipinski definition) is 1. The molecule has 1 aliphatic rings. The van der Waals surface area contributed by atoms with Gasteiger partial charge in [-0.1, -0.05) is 31.2 Å². The molecule has 3 aromatic rings. The fourth-order valence-electron chi connectivity index (χ4n) is 3.39. The van der Waals surface area contributed by atoms with Crippen molar-refractivity contribution < 1.29 is 4.79 Å². The van der Waals surface area contributed by atoms with E-state index in [-0.39, 0.29) is 5.91 Å². The maximum absolute atomic E-state index is 12.4. The number of rotatable bonds is 5. The molecule has 0 bridgehead atoms. The largest absolute Gasteiger partial charge is 0.357 e. The molecule has 6 heteroatoms. The molecule has 4 rings (SSSR count). The molecule has 1 fully saturated rings. The number of piperidine rings is 1. The first-order valence-corrected chi connectivity index (χ1v) is 9.78. The first-order chi connectivity index (χ1) is 13.7. The molecule has 1 saturated heterocycles. The topological polar surface area (TPSA) is 63.1 Å². The van der Waals surface area contributed by atoms with E-state index in [0.717, 1.165) is 36.1 Å². The van der Waals surface area contributed by atoms with Crippen molar-refractivity contribution in [3.05, 3.63) is 72.2 Å². The minimum Gasteiger partial charge on any atom is -0.357 e. The highest BCUT2D eigenvalue weighted by atomic mass is 16.1. The average molecular weight is 375 g/mol. The summed E-state index contributed by atoms with van der Waals surface area (Å²) >= 11 is 0. The van der Waals surface area contributed by atoms with Gasteiger partial charge in [-0.05, 0) is 48.6 Å². The molecule has 1 aromatic carbocycles. The van der Waals surface area contributed by atoms with Gasteiger partial charge in [-0.3, -0.25) is 4.79 Å². The summed E-state index contributed by atoms with van der Waals surface area (Å²) in [6.45, 7) is 4.86. The summed E-state index contributed by atoms with van der Waals surface area (Å²) in [5.41, 5.74) is 2.30. The molecule has 6 nitrogen and oxygen atoms in total. The smallest absolute Gasteiger partial charge is 0.272 e. The van der Waals surface area contributed by atoms with E-state index in [9.17, 15) is 4.79 Å². The lowest BCUT2D eigenvalue weighted by molar-refractivity contribution is 0.0945. The summed E-state index contributed by atoms with van der Waals surface area (Å²) in [4.78, 5) is 19.3. The molecule has 3 heterocycles. The Kier molecular flexibility index (Phi) is 5.37. The van der Waals surface area contributed by atoms with Gasteiger partial charge in [0.1, 0.15) is 5.82 Å². The van der Waals surface area contributed by atoms with Gasteiger partial charge in [0, 0.05) is 32.0 Å². The van der Waals surface area contributed by atoms with E-state index in [4.69, 9.17) is 0 Å².